The van der Waals surface area contributed by atoms with E-state index in [0.29, 0.717) is 6.42 Å². The van der Waals surface area contributed by atoms with Crippen LogP contribution < -0.4 is 9.64 Å². The van der Waals surface area contributed by atoms with Crippen LogP contribution in [0.5, 0.6) is 5.75 Å². The van der Waals surface area contributed by atoms with Gasteiger partial charge in [0, 0.05) is 12.2 Å². The lowest BCUT2D eigenvalue weighted by Crippen LogP contribution is -2.37. The van der Waals surface area contributed by atoms with Gasteiger partial charge in [-0.15, -0.1) is 0 Å². The smallest absolute Gasteiger partial charge is 0.231 e. The molecule has 1 aliphatic heterocycles. The number of hydrogen-bond donors (Lipinski definition) is 0. The van der Waals surface area contributed by atoms with Crippen molar-refractivity contribution >= 4 is 11.6 Å². The average Bonchev–Trinajstić information content (AvgIpc) is 2.55. The second-order valence-corrected chi connectivity index (χ2v) is 5.76. The first-order chi connectivity index (χ1) is 10.7. The van der Waals surface area contributed by atoms with Gasteiger partial charge in [0.05, 0.1) is 13.5 Å². The first kappa shape index (κ1) is 14.6. The van der Waals surface area contributed by atoms with Gasteiger partial charge in [-0.3, -0.25) is 4.79 Å². The summed E-state index contributed by atoms with van der Waals surface area (Å²) in [7, 11) is 1.65. The summed E-state index contributed by atoms with van der Waals surface area (Å²) in [6.07, 6.45) is 2.52. The number of hydrogen-bond acceptors (Lipinski definition) is 2. The first-order valence-electron chi connectivity index (χ1n) is 7.71. The van der Waals surface area contributed by atoms with Crippen molar-refractivity contribution in [2.24, 2.45) is 0 Å². The van der Waals surface area contributed by atoms with Crippen LogP contribution in [0.2, 0.25) is 0 Å². The number of fused-ring (bicyclic) bond motifs is 1. The highest BCUT2D eigenvalue weighted by atomic mass is 16.5. The van der Waals surface area contributed by atoms with Gasteiger partial charge >= 0.3 is 0 Å². The second-order valence-electron chi connectivity index (χ2n) is 5.76. The zero-order valence-corrected chi connectivity index (χ0v) is 13.1. The molecule has 2 aromatic carbocycles. The number of amides is 1. The molecule has 3 heteroatoms. The summed E-state index contributed by atoms with van der Waals surface area (Å²) >= 11 is 0. The third-order valence-corrected chi connectivity index (χ3v) is 4.23. The van der Waals surface area contributed by atoms with Crippen LogP contribution in [-0.2, 0) is 17.6 Å². The van der Waals surface area contributed by atoms with Crippen molar-refractivity contribution in [2.45, 2.75) is 26.2 Å². The molecule has 114 valence electrons. The Hall–Kier alpha value is -2.29. The standard InChI is InChI=1S/C19H21NO2/c1-14-5-3-6-16-7-4-12-20(19(14)16)18(21)13-15-8-10-17(22-2)11-9-15/h3,5-6,8-11H,4,7,12-13H2,1-2H3. The third kappa shape index (κ3) is 2.84. The zero-order chi connectivity index (χ0) is 15.5. The van der Waals surface area contributed by atoms with Gasteiger partial charge in [-0.1, -0.05) is 30.3 Å². The number of benzene rings is 2. The molecule has 22 heavy (non-hydrogen) atoms. The molecule has 3 nitrogen and oxygen atoms in total. The normalized spacial score (nSPS) is 13.6. The summed E-state index contributed by atoms with van der Waals surface area (Å²) < 4.78 is 5.16. The number of aryl methyl sites for hydroxylation is 2. The minimum absolute atomic E-state index is 0.167. The lowest BCUT2D eigenvalue weighted by Gasteiger charge is -2.31. The summed E-state index contributed by atoms with van der Waals surface area (Å²) in [6.45, 7) is 2.89. The van der Waals surface area contributed by atoms with Gasteiger partial charge < -0.3 is 9.64 Å². The maximum atomic E-state index is 12.7. The van der Waals surface area contributed by atoms with Crippen molar-refractivity contribution < 1.29 is 9.53 Å². The monoisotopic (exact) mass is 295 g/mol. The van der Waals surface area contributed by atoms with Gasteiger partial charge in [-0.05, 0) is 48.6 Å². The number of para-hydroxylation sites is 1. The molecule has 0 spiro atoms. The van der Waals surface area contributed by atoms with Crippen LogP contribution in [0.3, 0.4) is 0 Å². The fourth-order valence-electron chi connectivity index (χ4n) is 3.11. The number of carbonyl (C=O) groups excluding carboxylic acids is 1. The van der Waals surface area contributed by atoms with Gasteiger partial charge in [0.2, 0.25) is 5.91 Å². The van der Waals surface area contributed by atoms with Crippen molar-refractivity contribution in [2.75, 3.05) is 18.6 Å². The van der Waals surface area contributed by atoms with E-state index in [9.17, 15) is 4.79 Å². The van der Waals surface area contributed by atoms with Gasteiger partial charge in [0.15, 0.2) is 0 Å². The van der Waals surface area contributed by atoms with Gasteiger partial charge in [-0.25, -0.2) is 0 Å². The van der Waals surface area contributed by atoms with E-state index in [-0.39, 0.29) is 5.91 Å². The Morgan fingerprint density at radius 2 is 1.95 bits per heavy atom. The number of carbonyl (C=O) groups is 1. The zero-order valence-electron chi connectivity index (χ0n) is 13.1. The Bertz CT molecular complexity index is 676. The molecule has 0 bridgehead atoms. The summed E-state index contributed by atoms with van der Waals surface area (Å²) in [5, 5.41) is 0. The Labute approximate surface area is 131 Å². The van der Waals surface area contributed by atoms with Crippen LogP contribution >= 0.6 is 0 Å². The van der Waals surface area contributed by atoms with Crippen LogP contribution in [0.1, 0.15) is 23.1 Å². The summed E-state index contributed by atoms with van der Waals surface area (Å²) in [5.74, 6) is 0.982. The van der Waals surface area contributed by atoms with E-state index in [1.165, 1.54) is 11.1 Å². The van der Waals surface area contributed by atoms with E-state index in [1.54, 1.807) is 7.11 Å². The van der Waals surface area contributed by atoms with Crippen LogP contribution in [-0.4, -0.2) is 19.6 Å². The number of rotatable bonds is 3. The number of anilines is 1. The van der Waals surface area contributed by atoms with Crippen molar-refractivity contribution in [3.05, 3.63) is 59.2 Å². The van der Waals surface area contributed by atoms with Gasteiger partial charge in [-0.2, -0.15) is 0 Å². The summed E-state index contributed by atoms with van der Waals surface area (Å²) in [6, 6.07) is 14.0. The van der Waals surface area contributed by atoms with E-state index >= 15 is 0 Å². The topological polar surface area (TPSA) is 29.5 Å². The Morgan fingerprint density at radius 1 is 1.18 bits per heavy atom. The minimum Gasteiger partial charge on any atom is -0.497 e. The molecule has 2 aromatic rings. The van der Waals surface area contributed by atoms with Crippen LogP contribution in [0, 0.1) is 6.92 Å². The molecule has 0 N–H and O–H groups in total. The van der Waals surface area contributed by atoms with E-state index in [0.717, 1.165) is 36.4 Å². The summed E-state index contributed by atoms with van der Waals surface area (Å²) in [5.41, 5.74) is 4.60. The molecule has 0 fully saturated rings. The molecule has 0 atom stereocenters. The molecule has 1 aliphatic rings. The predicted octanol–water partition coefficient (Wildman–Crippen LogP) is 3.53. The fourth-order valence-corrected chi connectivity index (χ4v) is 3.11. The minimum atomic E-state index is 0.167. The third-order valence-electron chi connectivity index (χ3n) is 4.23. The highest BCUT2D eigenvalue weighted by molar-refractivity contribution is 5.96. The fraction of sp³-hybridized carbons (Fsp3) is 0.316. The van der Waals surface area contributed by atoms with E-state index in [4.69, 9.17) is 4.74 Å². The van der Waals surface area contributed by atoms with Gasteiger partial charge in [0.1, 0.15) is 5.75 Å². The number of ether oxygens (including phenoxy) is 1. The van der Waals surface area contributed by atoms with E-state index < -0.39 is 0 Å². The van der Waals surface area contributed by atoms with Crippen LogP contribution in [0.25, 0.3) is 0 Å². The van der Waals surface area contributed by atoms with Crippen molar-refractivity contribution in [3.63, 3.8) is 0 Å². The molecule has 0 radical (unpaired) electrons. The lowest BCUT2D eigenvalue weighted by atomic mass is 9.97. The molecular formula is C19H21NO2. The maximum absolute atomic E-state index is 12.7. The van der Waals surface area contributed by atoms with E-state index in [2.05, 4.69) is 25.1 Å². The molecule has 0 saturated heterocycles. The number of nitrogens with zero attached hydrogens (tertiary/aromatic N) is 1. The van der Waals surface area contributed by atoms with E-state index in [1.807, 2.05) is 29.2 Å². The molecular weight excluding hydrogens is 274 g/mol. The molecule has 0 unspecified atom stereocenters. The van der Waals surface area contributed by atoms with Crippen molar-refractivity contribution in [3.8, 4) is 5.75 Å². The predicted molar refractivity (Wildman–Crippen MR) is 88.6 cm³/mol. The largest absolute Gasteiger partial charge is 0.497 e. The molecule has 3 rings (SSSR count). The SMILES string of the molecule is COc1ccc(CC(=O)N2CCCc3cccc(C)c32)cc1. The maximum Gasteiger partial charge on any atom is 0.231 e. The highest BCUT2D eigenvalue weighted by Gasteiger charge is 2.23. The highest BCUT2D eigenvalue weighted by Crippen LogP contribution is 2.31. The Morgan fingerprint density at radius 3 is 2.68 bits per heavy atom. The second kappa shape index (κ2) is 6.22. The summed E-state index contributed by atoms with van der Waals surface area (Å²) in [4.78, 5) is 14.7. The van der Waals surface area contributed by atoms with Crippen molar-refractivity contribution in [1.29, 1.82) is 0 Å². The molecule has 1 amide bonds. The quantitative estimate of drug-likeness (QED) is 0.867. The van der Waals surface area contributed by atoms with Gasteiger partial charge in [0.25, 0.3) is 0 Å². The first-order valence-corrected chi connectivity index (χ1v) is 7.71. The van der Waals surface area contributed by atoms with Crippen molar-refractivity contribution in [1.82, 2.24) is 0 Å². The molecule has 0 saturated carbocycles. The van der Waals surface area contributed by atoms with Crippen LogP contribution in [0.15, 0.2) is 42.5 Å². The number of methoxy groups -OCH3 is 1. The molecule has 0 aliphatic carbocycles. The lowest BCUT2D eigenvalue weighted by molar-refractivity contribution is -0.118. The molecule has 0 aromatic heterocycles. The average molecular weight is 295 g/mol. The Balaban J connectivity index is 1.81. The van der Waals surface area contributed by atoms with Crippen LogP contribution in [0.4, 0.5) is 5.69 Å². The Kier molecular flexibility index (Phi) is 4.14. The molecule has 1 heterocycles.